The zero-order valence-electron chi connectivity index (χ0n) is 25.8. The molecular formula is C33H39ClFN5O6. The van der Waals surface area contributed by atoms with E-state index in [1.165, 1.54) is 0 Å². The molecule has 5 rings (SSSR count). The Morgan fingerprint density at radius 1 is 1.04 bits per heavy atom. The van der Waals surface area contributed by atoms with Crippen LogP contribution in [0.5, 0.6) is 0 Å². The number of aryl methyl sites for hydroxylation is 1. The molecule has 13 heteroatoms. The highest BCUT2D eigenvalue weighted by molar-refractivity contribution is 6.31. The van der Waals surface area contributed by atoms with Crippen molar-refractivity contribution in [2.75, 3.05) is 70.9 Å². The summed E-state index contributed by atoms with van der Waals surface area (Å²) in [5, 5.41) is 0.582. The second kappa shape index (κ2) is 16.2. The monoisotopic (exact) mass is 655 g/mol. The number of fused-ring (bicyclic) bond motifs is 3. The number of benzene rings is 1. The fraction of sp³-hybridized carbons (Fsp3) is 0.515. The molecular weight excluding hydrogens is 617 g/mol. The summed E-state index contributed by atoms with van der Waals surface area (Å²) in [7, 11) is 0. The normalized spacial score (nSPS) is 15.5. The van der Waals surface area contributed by atoms with Gasteiger partial charge in [0.25, 0.3) is 0 Å². The molecule has 1 aromatic carbocycles. The van der Waals surface area contributed by atoms with E-state index in [2.05, 4.69) is 10.9 Å². The fourth-order valence-corrected chi connectivity index (χ4v) is 6.24. The molecule has 1 saturated heterocycles. The molecule has 2 aromatic heterocycles. The summed E-state index contributed by atoms with van der Waals surface area (Å²) in [6, 6.07) is 7.39. The lowest BCUT2D eigenvalue weighted by Gasteiger charge is -2.38. The average molecular weight is 656 g/mol. The molecule has 246 valence electrons. The van der Waals surface area contributed by atoms with Crippen molar-refractivity contribution < 1.29 is 32.9 Å². The molecule has 0 bridgehead atoms. The highest BCUT2D eigenvalue weighted by Gasteiger charge is 2.53. The second-order valence-corrected chi connectivity index (χ2v) is 11.6. The Morgan fingerprint density at radius 3 is 2.52 bits per heavy atom. The van der Waals surface area contributed by atoms with Crippen LogP contribution in [0.2, 0.25) is 5.02 Å². The summed E-state index contributed by atoms with van der Waals surface area (Å²) < 4.78 is 36.4. The third kappa shape index (κ3) is 7.61. The molecule has 4 heterocycles. The van der Waals surface area contributed by atoms with E-state index in [4.69, 9.17) is 42.0 Å². The van der Waals surface area contributed by atoms with E-state index in [-0.39, 0.29) is 32.3 Å². The number of nitrogens with zero attached hydrogens (tertiary/aromatic N) is 5. The number of terminal acetylenes is 1. The van der Waals surface area contributed by atoms with Crippen molar-refractivity contribution >= 4 is 40.3 Å². The molecule has 0 saturated carbocycles. The molecule has 0 aliphatic carbocycles. The van der Waals surface area contributed by atoms with Crippen molar-refractivity contribution in [2.45, 2.75) is 44.2 Å². The van der Waals surface area contributed by atoms with E-state index in [9.17, 15) is 14.0 Å². The van der Waals surface area contributed by atoms with Gasteiger partial charge >= 0.3 is 6.09 Å². The molecule has 0 N–H and O–H groups in total. The lowest BCUT2D eigenvalue weighted by molar-refractivity contribution is -0.125. The van der Waals surface area contributed by atoms with Crippen LogP contribution in [0.3, 0.4) is 0 Å². The summed E-state index contributed by atoms with van der Waals surface area (Å²) in [6.45, 7) is 3.38. The van der Waals surface area contributed by atoms with E-state index in [0.717, 1.165) is 22.3 Å². The molecule has 2 aliphatic rings. The SMILES string of the molecule is C#CCOCCOCCOCCOC(=O)N1CCC2(CC1)C(=O)N(Cc1nc3ccc(Cl)cc3n1CCCCF)c1cnccc12. The first-order valence-electron chi connectivity index (χ1n) is 15.5. The largest absolute Gasteiger partial charge is 0.447 e. The number of unbranched alkanes of at least 4 members (excludes halogenated alkanes) is 1. The number of rotatable bonds is 16. The van der Waals surface area contributed by atoms with E-state index < -0.39 is 18.2 Å². The number of halogens is 2. The van der Waals surface area contributed by atoms with E-state index in [1.807, 2.05) is 22.8 Å². The minimum Gasteiger partial charge on any atom is -0.447 e. The van der Waals surface area contributed by atoms with Crippen LogP contribution >= 0.6 is 11.6 Å². The number of hydrogen-bond donors (Lipinski definition) is 0. The maximum atomic E-state index is 14.3. The zero-order chi connectivity index (χ0) is 32.4. The van der Waals surface area contributed by atoms with Gasteiger partial charge in [-0.3, -0.25) is 14.2 Å². The van der Waals surface area contributed by atoms with E-state index in [0.29, 0.717) is 82.6 Å². The minimum atomic E-state index is -0.779. The number of ether oxygens (including phenoxy) is 4. The molecule has 0 unspecified atom stereocenters. The van der Waals surface area contributed by atoms with Gasteiger partial charge in [0.2, 0.25) is 5.91 Å². The number of likely N-dealkylation sites (tertiary alicyclic amines) is 1. The minimum absolute atomic E-state index is 0.0397. The topological polar surface area (TPSA) is 108 Å². The summed E-state index contributed by atoms with van der Waals surface area (Å²) in [4.78, 5) is 39.6. The van der Waals surface area contributed by atoms with Crippen molar-refractivity contribution in [3.05, 3.63) is 53.1 Å². The summed E-state index contributed by atoms with van der Waals surface area (Å²) in [5.74, 6) is 3.04. The van der Waals surface area contributed by atoms with Crippen LogP contribution in [0.15, 0.2) is 36.7 Å². The molecule has 11 nitrogen and oxygen atoms in total. The summed E-state index contributed by atoms with van der Waals surface area (Å²) in [6.07, 6.45) is 10.1. The van der Waals surface area contributed by atoms with Gasteiger partial charge in [0.15, 0.2) is 0 Å². The Bertz CT molecular complexity index is 1540. The molecule has 46 heavy (non-hydrogen) atoms. The molecule has 2 aliphatic heterocycles. The van der Waals surface area contributed by atoms with Crippen LogP contribution < -0.4 is 4.90 Å². The van der Waals surface area contributed by atoms with Crippen LogP contribution in [0.1, 0.15) is 37.1 Å². The highest BCUT2D eigenvalue weighted by atomic mass is 35.5. The van der Waals surface area contributed by atoms with Gasteiger partial charge in [-0.15, -0.1) is 6.42 Å². The van der Waals surface area contributed by atoms with Crippen LogP contribution in [-0.4, -0.2) is 97.4 Å². The number of piperidine rings is 1. The fourth-order valence-electron chi connectivity index (χ4n) is 6.07. The standard InChI is InChI=1S/C33H39ClFN5O6/c1-2-15-43-16-17-44-18-19-45-20-21-46-32(42)38-13-8-33(9-14-38)26-7-11-36-23-29(26)40(31(33)41)24-30-37-27-6-5-25(34)22-28(27)39(30)12-4-3-10-35/h1,5-7,11,22-23H,3-4,8-10,12-21,24H2. The lowest BCUT2D eigenvalue weighted by atomic mass is 9.74. The predicted octanol–water partition coefficient (Wildman–Crippen LogP) is 4.53. The van der Waals surface area contributed by atoms with E-state index in [1.54, 1.807) is 28.3 Å². The van der Waals surface area contributed by atoms with Gasteiger partial charge in [-0.25, -0.2) is 9.78 Å². The molecule has 3 aromatic rings. The Kier molecular flexibility index (Phi) is 11.8. The van der Waals surface area contributed by atoms with Gasteiger partial charge < -0.3 is 33.3 Å². The highest BCUT2D eigenvalue weighted by Crippen LogP contribution is 2.48. The van der Waals surface area contributed by atoms with Crippen molar-refractivity contribution in [3.8, 4) is 12.3 Å². The van der Waals surface area contributed by atoms with Crippen molar-refractivity contribution in [3.63, 3.8) is 0 Å². The average Bonchev–Trinajstić information content (AvgIpc) is 3.51. The van der Waals surface area contributed by atoms with Gasteiger partial charge in [-0.1, -0.05) is 17.5 Å². The number of amides is 2. The quantitative estimate of drug-likeness (QED) is 0.164. The second-order valence-electron chi connectivity index (χ2n) is 11.2. The summed E-state index contributed by atoms with van der Waals surface area (Å²) >= 11 is 6.30. The van der Waals surface area contributed by atoms with Gasteiger partial charge in [-0.05, 0) is 55.5 Å². The number of carbonyl (C=O) groups is 2. The first-order chi connectivity index (χ1) is 22.5. The van der Waals surface area contributed by atoms with E-state index >= 15 is 0 Å². The number of imidazole rings is 1. The summed E-state index contributed by atoms with van der Waals surface area (Å²) in [5.41, 5.74) is 2.48. The number of alkyl halides is 1. The van der Waals surface area contributed by atoms with Gasteiger partial charge in [0, 0.05) is 30.9 Å². The molecule has 0 atom stereocenters. The van der Waals surface area contributed by atoms with Crippen LogP contribution in [0.4, 0.5) is 14.9 Å². The first kappa shape index (κ1) is 33.6. The Hall–Kier alpha value is -3.76. The Balaban J connectivity index is 1.17. The smallest absolute Gasteiger partial charge is 0.409 e. The molecule has 0 radical (unpaired) electrons. The molecule has 1 spiro atoms. The third-order valence-electron chi connectivity index (χ3n) is 8.37. The van der Waals surface area contributed by atoms with Gasteiger partial charge in [0.1, 0.15) is 19.0 Å². The van der Waals surface area contributed by atoms with Crippen molar-refractivity contribution in [1.29, 1.82) is 0 Å². The Morgan fingerprint density at radius 2 is 1.78 bits per heavy atom. The van der Waals surface area contributed by atoms with Gasteiger partial charge in [-0.2, -0.15) is 0 Å². The van der Waals surface area contributed by atoms with Gasteiger partial charge in [0.05, 0.1) is 74.6 Å². The van der Waals surface area contributed by atoms with Crippen molar-refractivity contribution in [1.82, 2.24) is 19.4 Å². The maximum absolute atomic E-state index is 14.3. The molecule has 2 amide bonds. The number of pyridine rings is 1. The molecule has 1 fully saturated rings. The third-order valence-corrected chi connectivity index (χ3v) is 8.61. The van der Waals surface area contributed by atoms with Crippen LogP contribution in [0.25, 0.3) is 11.0 Å². The van der Waals surface area contributed by atoms with Crippen molar-refractivity contribution in [2.24, 2.45) is 0 Å². The number of anilines is 1. The number of aromatic nitrogens is 3. The first-order valence-corrected chi connectivity index (χ1v) is 15.9. The maximum Gasteiger partial charge on any atom is 0.409 e. The zero-order valence-corrected chi connectivity index (χ0v) is 26.6. The van der Waals surface area contributed by atoms with Crippen LogP contribution in [0, 0.1) is 12.3 Å². The van der Waals surface area contributed by atoms with Crippen LogP contribution in [-0.2, 0) is 42.2 Å². The Labute approximate surface area is 272 Å². The number of hydrogen-bond acceptors (Lipinski definition) is 8. The predicted molar refractivity (Wildman–Crippen MR) is 171 cm³/mol. The lowest BCUT2D eigenvalue weighted by Crippen LogP contribution is -2.50. The number of carbonyl (C=O) groups excluding carboxylic acids is 2.